The quantitative estimate of drug-likeness (QED) is 0.266. The fraction of sp³-hybridized carbons (Fsp3) is 0.640. The average Bonchev–Trinajstić information content (AvgIpc) is 2.75. The monoisotopic (exact) mass is 450 g/mol. The van der Waals surface area contributed by atoms with E-state index in [0.717, 1.165) is 5.57 Å². The average molecular weight is 451 g/mol. The maximum Gasteiger partial charge on any atom is 0.335 e. The van der Waals surface area contributed by atoms with E-state index in [9.17, 15) is 29.7 Å². The van der Waals surface area contributed by atoms with Crippen molar-refractivity contribution in [2.24, 2.45) is 17.3 Å². The molecular formula is C25H38O7. The molecule has 0 saturated carbocycles. The Morgan fingerprint density at radius 3 is 2.44 bits per heavy atom. The zero-order valence-electron chi connectivity index (χ0n) is 20.1. The molecule has 0 heterocycles. The molecule has 3 N–H and O–H groups in total. The Bertz CT molecular complexity index is 781. The fourth-order valence-electron chi connectivity index (χ4n) is 4.07. The number of ether oxygens (including phenoxy) is 1. The van der Waals surface area contributed by atoms with Gasteiger partial charge in [0.1, 0.15) is 5.78 Å². The molecule has 32 heavy (non-hydrogen) atoms. The minimum Gasteiger partial charge on any atom is -0.432 e. The number of esters is 1. The van der Waals surface area contributed by atoms with Crippen molar-refractivity contribution in [1.29, 1.82) is 0 Å². The number of Topliss-reactive ketones (excluding diaryl/α,β-unsaturated/α-hetero) is 2. The number of hydrogen-bond donors (Lipinski definition) is 3. The zero-order chi connectivity index (χ0) is 24.7. The minimum atomic E-state index is -1.28. The summed E-state index contributed by atoms with van der Waals surface area (Å²) in [5.41, 5.74) is -0.849. The van der Waals surface area contributed by atoms with E-state index in [1.807, 2.05) is 6.92 Å². The van der Waals surface area contributed by atoms with E-state index < -0.39 is 41.5 Å². The fourth-order valence-corrected chi connectivity index (χ4v) is 4.07. The summed E-state index contributed by atoms with van der Waals surface area (Å²) in [6.07, 6.45) is 6.04. The molecular weight excluding hydrogens is 412 g/mol. The van der Waals surface area contributed by atoms with Crippen molar-refractivity contribution >= 4 is 17.5 Å². The number of rotatable bonds is 10. The molecule has 0 fully saturated rings. The first kappa shape index (κ1) is 27.9. The number of aliphatic hydroxyl groups excluding tert-OH is 2. The van der Waals surface area contributed by atoms with Gasteiger partial charge in [0.05, 0.1) is 24.6 Å². The molecule has 0 spiro atoms. The molecule has 1 unspecified atom stereocenters. The SMILES string of the molecule is CC(=O)C[C@@H]1C(=O)C(CO)=CC[C@](C)(CCC(O)C(C)(C)O)[C@H]1/C=C/OC(=O)C=C(C)C. The van der Waals surface area contributed by atoms with Crippen LogP contribution in [-0.2, 0) is 19.1 Å². The number of hydrogen-bond acceptors (Lipinski definition) is 7. The number of ketones is 2. The zero-order valence-corrected chi connectivity index (χ0v) is 20.1. The number of allylic oxidation sites excluding steroid dienone is 3. The van der Waals surface area contributed by atoms with Crippen LogP contribution in [0.3, 0.4) is 0 Å². The second-order valence-electron chi connectivity index (χ2n) is 9.84. The first-order chi connectivity index (χ1) is 14.7. The van der Waals surface area contributed by atoms with Gasteiger partial charge in [0.25, 0.3) is 0 Å². The van der Waals surface area contributed by atoms with Gasteiger partial charge in [-0.1, -0.05) is 18.6 Å². The van der Waals surface area contributed by atoms with Crippen molar-refractivity contribution in [2.75, 3.05) is 6.61 Å². The third-order valence-electron chi connectivity index (χ3n) is 6.06. The van der Waals surface area contributed by atoms with Crippen LogP contribution in [0.15, 0.2) is 35.6 Å². The maximum absolute atomic E-state index is 13.1. The molecule has 0 aromatic rings. The molecule has 1 rings (SSSR count). The van der Waals surface area contributed by atoms with E-state index in [0.29, 0.717) is 12.8 Å². The molecule has 1 aliphatic rings. The van der Waals surface area contributed by atoms with Crippen molar-refractivity contribution < 1.29 is 34.4 Å². The van der Waals surface area contributed by atoms with Gasteiger partial charge >= 0.3 is 5.97 Å². The minimum absolute atomic E-state index is 0.0171. The predicted molar refractivity (Wildman–Crippen MR) is 121 cm³/mol. The summed E-state index contributed by atoms with van der Waals surface area (Å²) in [5, 5.41) is 30.2. The largest absolute Gasteiger partial charge is 0.432 e. The molecule has 0 radical (unpaired) electrons. The maximum atomic E-state index is 13.1. The van der Waals surface area contributed by atoms with Gasteiger partial charge in [-0.2, -0.15) is 0 Å². The standard InChI is InChI=1S/C25H38O7/c1-16(2)13-22(29)32-12-9-20-19(14-17(3)27)23(30)18(15-26)7-10-25(20,6)11-8-21(28)24(4,5)31/h7,9,12-13,19-21,26,28,31H,8,10-11,14-15H2,1-6H3/b12-9+/t19-,20-,21?,25+/m0/s1. The van der Waals surface area contributed by atoms with Crippen LogP contribution >= 0.6 is 0 Å². The molecule has 7 nitrogen and oxygen atoms in total. The molecule has 0 aromatic heterocycles. The highest BCUT2D eigenvalue weighted by Gasteiger charge is 2.44. The van der Waals surface area contributed by atoms with Gasteiger partial charge in [0, 0.05) is 24.0 Å². The van der Waals surface area contributed by atoms with E-state index >= 15 is 0 Å². The van der Waals surface area contributed by atoms with Gasteiger partial charge in [-0.3, -0.25) is 4.79 Å². The lowest BCUT2D eigenvalue weighted by Gasteiger charge is -2.39. The molecule has 0 aliphatic heterocycles. The van der Waals surface area contributed by atoms with Gasteiger partial charge in [0.15, 0.2) is 5.78 Å². The van der Waals surface area contributed by atoms with Crippen molar-refractivity contribution in [3.05, 3.63) is 35.6 Å². The van der Waals surface area contributed by atoms with Crippen LogP contribution in [-0.4, -0.2) is 51.2 Å². The van der Waals surface area contributed by atoms with Crippen LogP contribution in [0.4, 0.5) is 0 Å². The van der Waals surface area contributed by atoms with Crippen molar-refractivity contribution in [3.63, 3.8) is 0 Å². The lowest BCUT2D eigenvalue weighted by atomic mass is 9.65. The highest BCUT2D eigenvalue weighted by Crippen LogP contribution is 2.46. The first-order valence-corrected chi connectivity index (χ1v) is 11.0. The molecule has 180 valence electrons. The van der Waals surface area contributed by atoms with E-state index in [-0.39, 0.29) is 30.0 Å². The summed E-state index contributed by atoms with van der Waals surface area (Å²) >= 11 is 0. The smallest absolute Gasteiger partial charge is 0.335 e. The van der Waals surface area contributed by atoms with Crippen LogP contribution in [0, 0.1) is 17.3 Å². The summed E-state index contributed by atoms with van der Waals surface area (Å²) in [7, 11) is 0. The number of carbonyl (C=O) groups is 3. The van der Waals surface area contributed by atoms with Crippen LogP contribution < -0.4 is 0 Å². The summed E-state index contributed by atoms with van der Waals surface area (Å²) in [5.74, 6) is -2.25. The van der Waals surface area contributed by atoms with Crippen molar-refractivity contribution in [3.8, 4) is 0 Å². The van der Waals surface area contributed by atoms with Crippen molar-refractivity contribution in [2.45, 2.75) is 78.9 Å². The Kier molecular flexibility index (Phi) is 10.2. The van der Waals surface area contributed by atoms with Crippen LogP contribution in [0.25, 0.3) is 0 Å². The molecule has 4 atom stereocenters. The van der Waals surface area contributed by atoms with Crippen LogP contribution in [0.5, 0.6) is 0 Å². The third kappa shape index (κ3) is 8.11. The van der Waals surface area contributed by atoms with Crippen LogP contribution in [0.1, 0.15) is 67.2 Å². The summed E-state index contributed by atoms with van der Waals surface area (Å²) in [4.78, 5) is 37.0. The Labute approximate surface area is 190 Å². The third-order valence-corrected chi connectivity index (χ3v) is 6.06. The molecule has 0 amide bonds. The summed E-state index contributed by atoms with van der Waals surface area (Å²) < 4.78 is 5.16. The molecule has 0 saturated heterocycles. The van der Waals surface area contributed by atoms with Crippen LogP contribution in [0.2, 0.25) is 0 Å². The van der Waals surface area contributed by atoms with Gasteiger partial charge < -0.3 is 24.9 Å². The van der Waals surface area contributed by atoms with E-state index in [2.05, 4.69) is 0 Å². The number of aliphatic hydroxyl groups is 3. The Morgan fingerprint density at radius 1 is 1.31 bits per heavy atom. The second-order valence-corrected chi connectivity index (χ2v) is 9.84. The van der Waals surface area contributed by atoms with E-state index in [4.69, 9.17) is 4.74 Å². The lowest BCUT2D eigenvalue weighted by molar-refractivity contribution is -0.132. The summed E-state index contributed by atoms with van der Waals surface area (Å²) in [6, 6.07) is 0. The summed E-state index contributed by atoms with van der Waals surface area (Å²) in [6.45, 7) is 9.51. The molecule has 1 aliphatic carbocycles. The van der Waals surface area contributed by atoms with Gasteiger partial charge in [0.2, 0.25) is 0 Å². The first-order valence-electron chi connectivity index (χ1n) is 11.0. The van der Waals surface area contributed by atoms with Crippen molar-refractivity contribution in [1.82, 2.24) is 0 Å². The Balaban J connectivity index is 3.35. The highest BCUT2D eigenvalue weighted by atomic mass is 16.5. The molecule has 0 bridgehead atoms. The number of carbonyl (C=O) groups excluding carboxylic acids is 3. The van der Waals surface area contributed by atoms with Gasteiger partial charge in [-0.15, -0.1) is 0 Å². The van der Waals surface area contributed by atoms with Gasteiger partial charge in [-0.05, 0) is 71.3 Å². The second kappa shape index (κ2) is 11.7. The van der Waals surface area contributed by atoms with E-state index in [1.165, 1.54) is 33.1 Å². The molecule has 7 heteroatoms. The lowest BCUT2D eigenvalue weighted by Crippen LogP contribution is -2.39. The van der Waals surface area contributed by atoms with Gasteiger partial charge in [-0.25, -0.2) is 4.79 Å². The predicted octanol–water partition coefficient (Wildman–Crippen LogP) is 3.03. The highest BCUT2D eigenvalue weighted by molar-refractivity contribution is 6.00. The van der Waals surface area contributed by atoms with E-state index in [1.54, 1.807) is 26.0 Å². The Hall–Kier alpha value is -2.09. The Morgan fingerprint density at radius 2 is 1.94 bits per heavy atom. The molecule has 0 aromatic carbocycles. The normalized spacial score (nSPS) is 25.2. The topological polar surface area (TPSA) is 121 Å².